The molecule has 0 spiro atoms. The first-order valence-electron chi connectivity index (χ1n) is 8.53. The van der Waals surface area contributed by atoms with E-state index < -0.39 is 0 Å². The van der Waals surface area contributed by atoms with E-state index >= 15 is 0 Å². The van der Waals surface area contributed by atoms with Crippen LogP contribution in [0.1, 0.15) is 28.1 Å². The van der Waals surface area contributed by atoms with Crippen LogP contribution in [0.4, 0.5) is 0 Å². The second-order valence-electron chi connectivity index (χ2n) is 6.27. The third-order valence-electron chi connectivity index (χ3n) is 4.64. The van der Waals surface area contributed by atoms with Gasteiger partial charge in [0.05, 0.1) is 11.4 Å². The Morgan fingerprint density at radius 3 is 2.27 bits per heavy atom. The molecule has 1 aliphatic heterocycles. The van der Waals surface area contributed by atoms with E-state index in [1.807, 2.05) is 48.2 Å². The molecule has 130 valence electrons. The number of halogens is 1. The minimum Gasteiger partial charge on any atom is -0.301 e. The summed E-state index contributed by atoms with van der Waals surface area (Å²) >= 11 is 5.51. The fourth-order valence-electron chi connectivity index (χ4n) is 3.39. The van der Waals surface area contributed by atoms with Gasteiger partial charge in [-0.1, -0.05) is 82.7 Å². The van der Waals surface area contributed by atoms with Crippen molar-refractivity contribution in [1.29, 1.82) is 0 Å². The minimum absolute atomic E-state index is 0.0656. The number of carbonyl (C=O) groups excluding carboxylic acids is 1. The number of aldehydes is 1. The van der Waals surface area contributed by atoms with E-state index in [0.717, 1.165) is 22.9 Å². The quantitative estimate of drug-likeness (QED) is 0.480. The number of hydrogen-bond acceptors (Lipinski definition) is 3. The molecule has 26 heavy (non-hydrogen) atoms. The van der Waals surface area contributed by atoms with Gasteiger partial charge in [-0.25, -0.2) is 0 Å². The first-order chi connectivity index (χ1) is 12.8. The third kappa shape index (κ3) is 3.37. The van der Waals surface area contributed by atoms with Crippen LogP contribution in [0.2, 0.25) is 0 Å². The molecule has 3 aromatic carbocycles. The normalized spacial score (nSPS) is 19.7. The fraction of sp³-hybridized carbons (Fsp3) is 0.136. The number of rotatable bonds is 4. The predicted molar refractivity (Wildman–Crippen MR) is 110 cm³/mol. The summed E-state index contributed by atoms with van der Waals surface area (Å²) in [6.45, 7) is 0.720. The molecule has 4 rings (SSSR count). The maximum absolute atomic E-state index is 12.1. The number of benzene rings is 3. The van der Waals surface area contributed by atoms with E-state index in [1.165, 1.54) is 16.0 Å². The van der Waals surface area contributed by atoms with Gasteiger partial charge in [0, 0.05) is 15.9 Å². The van der Waals surface area contributed by atoms with Crippen molar-refractivity contribution in [2.24, 2.45) is 0 Å². The first-order valence-corrected chi connectivity index (χ1v) is 10.2. The Morgan fingerprint density at radius 1 is 0.885 bits per heavy atom. The largest absolute Gasteiger partial charge is 0.301 e. The van der Waals surface area contributed by atoms with Crippen LogP contribution in [0.3, 0.4) is 0 Å². The molecule has 0 radical (unpaired) electrons. The van der Waals surface area contributed by atoms with Crippen LogP contribution in [0.15, 0.2) is 88.2 Å². The van der Waals surface area contributed by atoms with Crippen LogP contribution in [-0.4, -0.2) is 11.2 Å². The van der Waals surface area contributed by atoms with Gasteiger partial charge in [0.2, 0.25) is 0 Å². The molecule has 4 heteroatoms. The van der Waals surface area contributed by atoms with E-state index in [2.05, 4.69) is 63.3 Å². The van der Waals surface area contributed by atoms with E-state index in [0.29, 0.717) is 0 Å². The molecule has 0 N–H and O–H groups in total. The van der Waals surface area contributed by atoms with E-state index in [4.69, 9.17) is 0 Å². The zero-order chi connectivity index (χ0) is 17.9. The van der Waals surface area contributed by atoms with Gasteiger partial charge < -0.3 is 4.79 Å². The highest BCUT2D eigenvalue weighted by atomic mass is 79.9. The number of fused-ring (bicyclic) bond motifs is 1. The maximum Gasteiger partial charge on any atom is 0.141 e. The highest BCUT2D eigenvalue weighted by Crippen LogP contribution is 2.50. The van der Waals surface area contributed by atoms with Gasteiger partial charge in [-0.3, -0.25) is 4.90 Å². The van der Waals surface area contributed by atoms with Crippen molar-refractivity contribution in [3.8, 4) is 0 Å². The van der Waals surface area contributed by atoms with Crippen LogP contribution < -0.4 is 0 Å². The average Bonchev–Trinajstić information content (AvgIpc) is 2.69. The fourth-order valence-corrected chi connectivity index (χ4v) is 5.44. The lowest BCUT2D eigenvalue weighted by Gasteiger charge is -2.41. The summed E-state index contributed by atoms with van der Waals surface area (Å²) in [6.07, 6.45) is 1.07. The van der Waals surface area contributed by atoms with Crippen molar-refractivity contribution in [2.75, 3.05) is 0 Å². The lowest BCUT2D eigenvalue weighted by molar-refractivity contribution is -0.113. The molecule has 0 bridgehead atoms. The monoisotopic (exact) mass is 423 g/mol. The summed E-state index contributed by atoms with van der Waals surface area (Å²) in [7, 11) is 0. The van der Waals surface area contributed by atoms with Gasteiger partial charge >= 0.3 is 0 Å². The van der Waals surface area contributed by atoms with Gasteiger partial charge in [0.1, 0.15) is 6.29 Å². The molecule has 0 fully saturated rings. The zero-order valence-corrected chi connectivity index (χ0v) is 16.5. The Labute approximate surface area is 166 Å². The first kappa shape index (κ1) is 17.5. The van der Waals surface area contributed by atoms with Gasteiger partial charge in [-0.05, 0) is 28.8 Å². The minimum atomic E-state index is -0.259. The predicted octanol–water partition coefficient (Wildman–Crippen LogP) is 6.00. The summed E-state index contributed by atoms with van der Waals surface area (Å²) in [4.78, 5) is 15.6. The third-order valence-corrected chi connectivity index (χ3v) is 6.74. The van der Waals surface area contributed by atoms with Crippen molar-refractivity contribution in [3.63, 3.8) is 0 Å². The lowest BCUT2D eigenvalue weighted by atomic mass is 10.0. The summed E-state index contributed by atoms with van der Waals surface area (Å²) in [5.41, 5.74) is 3.48. The number of nitrogens with zero attached hydrogens (tertiary/aromatic N) is 1. The Balaban J connectivity index is 1.81. The number of carbonyl (C=O) groups is 1. The van der Waals surface area contributed by atoms with Crippen molar-refractivity contribution < 1.29 is 4.79 Å². The molecule has 0 amide bonds. The molecule has 3 aromatic rings. The van der Waals surface area contributed by atoms with Crippen LogP contribution in [0.5, 0.6) is 0 Å². The SMILES string of the molecule is O=CC1c2ccccc2SC(c2ccccc2Br)N1Cc1ccccc1. The van der Waals surface area contributed by atoms with E-state index in [9.17, 15) is 4.79 Å². The van der Waals surface area contributed by atoms with Gasteiger partial charge in [-0.15, -0.1) is 11.8 Å². The average molecular weight is 424 g/mol. The molecule has 2 nitrogen and oxygen atoms in total. The van der Waals surface area contributed by atoms with Crippen molar-refractivity contribution in [3.05, 3.63) is 100 Å². The van der Waals surface area contributed by atoms with Crippen LogP contribution in [0.25, 0.3) is 0 Å². The zero-order valence-electron chi connectivity index (χ0n) is 14.1. The second-order valence-corrected chi connectivity index (χ2v) is 8.24. The van der Waals surface area contributed by atoms with Crippen molar-refractivity contribution in [1.82, 2.24) is 4.90 Å². The van der Waals surface area contributed by atoms with Gasteiger partial charge in [0.15, 0.2) is 0 Å². The summed E-state index contributed by atoms with van der Waals surface area (Å²) in [5.74, 6) is 0. The van der Waals surface area contributed by atoms with Gasteiger partial charge in [0.25, 0.3) is 0 Å². The summed E-state index contributed by atoms with van der Waals surface area (Å²) in [6, 6.07) is 26.6. The molecule has 1 aliphatic rings. The molecule has 2 unspecified atom stereocenters. The lowest BCUT2D eigenvalue weighted by Crippen LogP contribution is -2.35. The molecule has 0 saturated heterocycles. The molecule has 0 aromatic heterocycles. The molecule has 0 saturated carbocycles. The number of hydrogen-bond donors (Lipinski definition) is 0. The van der Waals surface area contributed by atoms with Crippen molar-refractivity contribution in [2.45, 2.75) is 22.9 Å². The Kier molecular flexibility index (Phi) is 5.25. The Bertz CT molecular complexity index is 915. The van der Waals surface area contributed by atoms with Crippen LogP contribution >= 0.6 is 27.7 Å². The van der Waals surface area contributed by atoms with E-state index in [1.54, 1.807) is 0 Å². The van der Waals surface area contributed by atoms with Gasteiger partial charge in [-0.2, -0.15) is 0 Å². The second kappa shape index (κ2) is 7.78. The smallest absolute Gasteiger partial charge is 0.141 e. The summed E-state index contributed by atoms with van der Waals surface area (Å²) in [5, 5.41) is 0.0656. The Morgan fingerprint density at radius 2 is 1.54 bits per heavy atom. The van der Waals surface area contributed by atoms with Crippen LogP contribution in [-0.2, 0) is 11.3 Å². The maximum atomic E-state index is 12.1. The van der Waals surface area contributed by atoms with Crippen molar-refractivity contribution >= 4 is 34.0 Å². The topological polar surface area (TPSA) is 20.3 Å². The highest BCUT2D eigenvalue weighted by molar-refractivity contribution is 9.10. The molecule has 2 atom stereocenters. The summed E-state index contributed by atoms with van der Waals surface area (Å²) < 4.78 is 1.07. The molecule has 0 aliphatic carbocycles. The number of thioether (sulfide) groups is 1. The Hall–Kier alpha value is -1.88. The van der Waals surface area contributed by atoms with E-state index in [-0.39, 0.29) is 11.4 Å². The molecular weight excluding hydrogens is 406 g/mol. The van der Waals surface area contributed by atoms with Crippen LogP contribution in [0, 0.1) is 0 Å². The standard InChI is InChI=1S/C22H18BrNOS/c23-19-12-6-4-10-17(19)22-24(14-16-8-2-1-3-9-16)20(15-25)18-11-5-7-13-21(18)26-22/h1-13,15,20,22H,14H2. The highest BCUT2D eigenvalue weighted by Gasteiger charge is 2.36. The molecular formula is C22H18BrNOS. The molecule has 1 heterocycles.